The Kier molecular flexibility index (Phi) is 7.02. The average Bonchev–Trinajstić information content (AvgIpc) is 2.79. The number of rotatable bonds is 8. The van der Waals surface area contributed by atoms with Gasteiger partial charge in [0.25, 0.3) is 5.91 Å². The van der Waals surface area contributed by atoms with Crippen LogP contribution in [0.5, 0.6) is 0 Å². The molecule has 0 aliphatic carbocycles. The first-order valence-electron chi connectivity index (χ1n) is 9.95. The van der Waals surface area contributed by atoms with Gasteiger partial charge in [0.05, 0.1) is 12.1 Å². The fourth-order valence-electron chi connectivity index (χ4n) is 3.44. The Morgan fingerprint density at radius 1 is 0.875 bits per heavy atom. The molecule has 0 aromatic heterocycles. The van der Waals surface area contributed by atoms with Gasteiger partial charge in [0.2, 0.25) is 0 Å². The maximum atomic E-state index is 13.3. The van der Waals surface area contributed by atoms with Gasteiger partial charge in [0.15, 0.2) is 6.10 Å². The highest BCUT2D eigenvalue weighted by atomic mass is 16.4. The van der Waals surface area contributed by atoms with E-state index in [1.165, 1.54) is 11.0 Å². The molecule has 1 atom stereocenters. The number of carbonyl (C=O) groups excluding carboxylic acids is 1. The number of aliphatic hydroxyl groups excluding tert-OH is 1. The van der Waals surface area contributed by atoms with Gasteiger partial charge in [-0.2, -0.15) is 0 Å². The van der Waals surface area contributed by atoms with Crippen molar-refractivity contribution in [1.29, 1.82) is 0 Å². The third-order valence-corrected chi connectivity index (χ3v) is 5.11. The lowest BCUT2D eigenvalue weighted by Gasteiger charge is -2.25. The number of hydrogen-bond acceptors (Lipinski definition) is 4. The van der Waals surface area contributed by atoms with E-state index in [4.69, 9.17) is 5.11 Å². The summed E-state index contributed by atoms with van der Waals surface area (Å²) in [6.07, 6.45) is -1.74. The number of carbonyl (C=O) groups is 3. The monoisotopic (exact) mass is 433 g/mol. The van der Waals surface area contributed by atoms with Crippen LogP contribution in [0.15, 0.2) is 72.8 Å². The number of aliphatic hydroxyl groups is 1. The third kappa shape index (κ3) is 5.19. The van der Waals surface area contributed by atoms with Crippen LogP contribution in [0, 0.1) is 6.92 Å². The number of carboxylic acids is 2. The van der Waals surface area contributed by atoms with Crippen LogP contribution in [-0.4, -0.2) is 50.7 Å². The summed E-state index contributed by atoms with van der Waals surface area (Å²) in [7, 11) is 0. The molecule has 7 heteroatoms. The van der Waals surface area contributed by atoms with Crippen molar-refractivity contribution in [3.05, 3.63) is 95.1 Å². The average molecular weight is 433 g/mol. The number of carboxylic acid groups (broad SMARTS) is 2. The number of aryl methyl sites for hydroxylation is 1. The van der Waals surface area contributed by atoms with E-state index in [0.717, 1.165) is 11.1 Å². The summed E-state index contributed by atoms with van der Waals surface area (Å²) < 4.78 is 0. The minimum atomic E-state index is -1.74. The van der Waals surface area contributed by atoms with E-state index in [1.807, 2.05) is 13.0 Å². The highest BCUT2D eigenvalue weighted by Crippen LogP contribution is 2.28. The van der Waals surface area contributed by atoms with E-state index in [0.29, 0.717) is 11.1 Å². The zero-order valence-electron chi connectivity index (χ0n) is 17.4. The summed E-state index contributed by atoms with van der Waals surface area (Å²) in [5, 5.41) is 28.5. The second-order valence-electron chi connectivity index (χ2n) is 7.41. The predicted octanol–water partition coefficient (Wildman–Crippen LogP) is 3.45. The molecule has 0 aliphatic rings. The number of nitrogens with zero attached hydrogens (tertiary/aromatic N) is 1. The summed E-state index contributed by atoms with van der Waals surface area (Å²) in [6, 6.07) is 20.5. The number of amides is 1. The van der Waals surface area contributed by atoms with E-state index >= 15 is 0 Å². The lowest BCUT2D eigenvalue weighted by atomic mass is 9.94. The number of benzene rings is 3. The normalized spacial score (nSPS) is 11.6. The minimum absolute atomic E-state index is 0.110. The molecular formula is C25H23NO6. The topological polar surface area (TPSA) is 115 Å². The molecule has 1 amide bonds. The Morgan fingerprint density at radius 2 is 1.53 bits per heavy atom. The van der Waals surface area contributed by atoms with E-state index in [9.17, 15) is 24.6 Å². The predicted molar refractivity (Wildman–Crippen MR) is 118 cm³/mol. The van der Waals surface area contributed by atoms with Crippen LogP contribution in [0.4, 0.5) is 0 Å². The molecule has 32 heavy (non-hydrogen) atoms. The van der Waals surface area contributed by atoms with E-state index < -0.39 is 30.5 Å². The quantitative estimate of drug-likeness (QED) is 0.501. The molecule has 7 nitrogen and oxygen atoms in total. The van der Waals surface area contributed by atoms with Crippen molar-refractivity contribution in [2.24, 2.45) is 0 Å². The molecule has 0 spiro atoms. The van der Waals surface area contributed by atoms with Crippen molar-refractivity contribution >= 4 is 17.8 Å². The van der Waals surface area contributed by atoms with Crippen LogP contribution in [0.1, 0.15) is 31.8 Å². The Balaban J connectivity index is 2.00. The molecular weight excluding hydrogens is 410 g/mol. The first-order chi connectivity index (χ1) is 15.3. The molecule has 0 saturated heterocycles. The Labute approximate surface area is 185 Å². The van der Waals surface area contributed by atoms with Crippen molar-refractivity contribution in [3.8, 4) is 11.1 Å². The van der Waals surface area contributed by atoms with Gasteiger partial charge in [0, 0.05) is 12.1 Å². The fourth-order valence-corrected chi connectivity index (χ4v) is 3.44. The molecule has 3 rings (SSSR count). The summed E-state index contributed by atoms with van der Waals surface area (Å²) in [5.41, 5.74) is 3.01. The summed E-state index contributed by atoms with van der Waals surface area (Å²) >= 11 is 0. The maximum Gasteiger partial charge on any atom is 0.336 e. The lowest BCUT2D eigenvalue weighted by molar-refractivity contribution is -0.147. The zero-order chi connectivity index (χ0) is 23.3. The van der Waals surface area contributed by atoms with Gasteiger partial charge in [-0.25, -0.2) is 9.59 Å². The Bertz CT molecular complexity index is 1140. The first kappa shape index (κ1) is 22.7. The number of aliphatic carboxylic acids is 1. The van der Waals surface area contributed by atoms with Gasteiger partial charge in [-0.1, -0.05) is 54.6 Å². The third-order valence-electron chi connectivity index (χ3n) is 5.11. The molecule has 3 aromatic rings. The van der Waals surface area contributed by atoms with Crippen molar-refractivity contribution in [2.45, 2.75) is 19.6 Å². The molecule has 164 valence electrons. The highest BCUT2D eigenvalue weighted by Gasteiger charge is 2.24. The second-order valence-corrected chi connectivity index (χ2v) is 7.41. The smallest absolute Gasteiger partial charge is 0.336 e. The molecule has 0 unspecified atom stereocenters. The van der Waals surface area contributed by atoms with Gasteiger partial charge < -0.3 is 20.2 Å². The molecule has 0 radical (unpaired) electrons. The molecule has 0 fully saturated rings. The standard InChI is InChI=1S/C25H23NO6/c1-16-11-12-18(13-21(16)19-9-5-6-10-20(19)24(29)30)23(28)26(15-22(27)25(31)32)14-17-7-3-2-4-8-17/h2-13,22,27H,14-15H2,1H3,(H,29,30)(H,31,32)/t22-/m1/s1. The van der Waals surface area contributed by atoms with Crippen molar-refractivity contribution in [1.82, 2.24) is 4.90 Å². The van der Waals surface area contributed by atoms with Crippen molar-refractivity contribution in [3.63, 3.8) is 0 Å². The first-order valence-corrected chi connectivity index (χ1v) is 9.95. The highest BCUT2D eigenvalue weighted by molar-refractivity contribution is 5.99. The summed E-state index contributed by atoms with van der Waals surface area (Å²) in [5.74, 6) is -2.97. The van der Waals surface area contributed by atoms with Crippen LogP contribution in [-0.2, 0) is 11.3 Å². The van der Waals surface area contributed by atoms with E-state index in [1.54, 1.807) is 60.7 Å². The second kappa shape index (κ2) is 9.89. The molecule has 0 heterocycles. The molecule has 3 aromatic carbocycles. The van der Waals surface area contributed by atoms with Crippen LogP contribution in [0.3, 0.4) is 0 Å². The SMILES string of the molecule is Cc1ccc(C(=O)N(Cc2ccccc2)C[C@@H](O)C(=O)O)cc1-c1ccccc1C(=O)O. The molecule has 0 aliphatic heterocycles. The van der Waals surface area contributed by atoms with Crippen molar-refractivity contribution < 1.29 is 29.7 Å². The van der Waals surface area contributed by atoms with Crippen molar-refractivity contribution in [2.75, 3.05) is 6.54 Å². The summed E-state index contributed by atoms with van der Waals surface area (Å²) in [4.78, 5) is 37.4. The largest absolute Gasteiger partial charge is 0.479 e. The van der Waals surface area contributed by atoms with Crippen LogP contribution in [0.25, 0.3) is 11.1 Å². The maximum absolute atomic E-state index is 13.3. The van der Waals surface area contributed by atoms with E-state index in [2.05, 4.69) is 0 Å². The van der Waals surface area contributed by atoms with Gasteiger partial charge in [0.1, 0.15) is 0 Å². The van der Waals surface area contributed by atoms with Gasteiger partial charge in [-0.3, -0.25) is 4.79 Å². The fraction of sp³-hybridized carbons (Fsp3) is 0.160. The van der Waals surface area contributed by atoms with Gasteiger partial charge in [-0.05, 0) is 47.4 Å². The van der Waals surface area contributed by atoms with Crippen LogP contribution < -0.4 is 0 Å². The minimum Gasteiger partial charge on any atom is -0.479 e. The van der Waals surface area contributed by atoms with Gasteiger partial charge >= 0.3 is 11.9 Å². The lowest BCUT2D eigenvalue weighted by Crippen LogP contribution is -2.40. The van der Waals surface area contributed by atoms with Gasteiger partial charge in [-0.15, -0.1) is 0 Å². The van der Waals surface area contributed by atoms with E-state index in [-0.39, 0.29) is 17.7 Å². The number of hydrogen-bond donors (Lipinski definition) is 3. The summed E-state index contributed by atoms with van der Waals surface area (Å²) in [6.45, 7) is 1.54. The van der Waals surface area contributed by atoms with Crippen LogP contribution >= 0.6 is 0 Å². The molecule has 0 bridgehead atoms. The zero-order valence-corrected chi connectivity index (χ0v) is 17.4. The Hall–Kier alpha value is -3.97. The molecule has 0 saturated carbocycles. The number of aromatic carboxylic acids is 1. The Morgan fingerprint density at radius 3 is 2.19 bits per heavy atom. The molecule has 3 N–H and O–H groups in total. The van der Waals surface area contributed by atoms with Crippen LogP contribution in [0.2, 0.25) is 0 Å².